The molecule has 0 saturated heterocycles. The first kappa shape index (κ1) is 12.1. The monoisotopic (exact) mass is 224 g/mol. The Hall–Kier alpha value is -0.340. The van der Waals surface area contributed by atoms with Gasteiger partial charge in [0.15, 0.2) is 0 Å². The van der Waals surface area contributed by atoms with Gasteiger partial charge in [0.1, 0.15) is 0 Å². The molecule has 0 aromatic rings. The molecule has 1 N–H and O–H groups in total. The number of hydrogen-bond donors (Lipinski definition) is 1. The van der Waals surface area contributed by atoms with Gasteiger partial charge in [0.05, 0.1) is 12.2 Å². The average Bonchev–Trinajstić information content (AvgIpc) is 2.51. The van der Waals surface area contributed by atoms with Crippen LogP contribution in [0.2, 0.25) is 0 Å². The van der Waals surface area contributed by atoms with E-state index in [2.05, 4.69) is 26.8 Å². The van der Waals surface area contributed by atoms with Crippen molar-refractivity contribution < 1.29 is 9.84 Å². The molecule has 0 aliphatic heterocycles. The Bertz CT molecular complexity index is 295. The van der Waals surface area contributed by atoms with Gasteiger partial charge in [0.2, 0.25) is 0 Å². The number of aliphatic hydroxyl groups is 1. The van der Waals surface area contributed by atoms with E-state index in [9.17, 15) is 5.11 Å². The molecule has 2 rings (SSSR count). The first-order chi connectivity index (χ1) is 7.49. The Balaban J connectivity index is 2.31. The average molecular weight is 224 g/mol. The second kappa shape index (κ2) is 4.15. The molecule has 0 heterocycles. The van der Waals surface area contributed by atoms with Crippen molar-refractivity contribution in [2.75, 3.05) is 7.11 Å². The molecule has 2 nitrogen and oxygen atoms in total. The van der Waals surface area contributed by atoms with E-state index in [0.29, 0.717) is 11.8 Å². The number of hydrogen-bond acceptors (Lipinski definition) is 2. The smallest absolute Gasteiger partial charge is 0.0759 e. The topological polar surface area (TPSA) is 29.5 Å². The molecule has 2 aliphatic carbocycles. The van der Waals surface area contributed by atoms with Crippen molar-refractivity contribution in [1.29, 1.82) is 0 Å². The second-order valence-corrected chi connectivity index (χ2v) is 5.95. The fraction of sp³-hybridized carbons (Fsp3) is 0.857. The summed E-state index contributed by atoms with van der Waals surface area (Å²) in [7, 11) is 1.76. The molecule has 2 aliphatic rings. The van der Waals surface area contributed by atoms with Crippen LogP contribution in [0.1, 0.15) is 40.0 Å². The summed E-state index contributed by atoms with van der Waals surface area (Å²) in [5.41, 5.74) is 1.45. The molecule has 4 atom stereocenters. The Morgan fingerprint density at radius 2 is 2.19 bits per heavy atom. The minimum Gasteiger partial charge on any atom is -0.389 e. The molecule has 0 aromatic heterocycles. The van der Waals surface area contributed by atoms with Crippen LogP contribution in [0.4, 0.5) is 0 Å². The maximum atomic E-state index is 10.2. The summed E-state index contributed by atoms with van der Waals surface area (Å²) in [6.45, 7) is 6.87. The van der Waals surface area contributed by atoms with Gasteiger partial charge < -0.3 is 9.84 Å². The highest BCUT2D eigenvalue weighted by Crippen LogP contribution is 2.55. The van der Waals surface area contributed by atoms with Crippen LogP contribution < -0.4 is 0 Å². The predicted molar refractivity (Wildman–Crippen MR) is 65.2 cm³/mol. The minimum atomic E-state index is -0.240. The first-order valence-electron chi connectivity index (χ1n) is 6.42. The van der Waals surface area contributed by atoms with Crippen molar-refractivity contribution in [2.24, 2.45) is 17.3 Å². The molecule has 1 saturated carbocycles. The van der Waals surface area contributed by atoms with Crippen LogP contribution in [0.3, 0.4) is 0 Å². The third kappa shape index (κ3) is 1.72. The van der Waals surface area contributed by atoms with Gasteiger partial charge >= 0.3 is 0 Å². The van der Waals surface area contributed by atoms with Gasteiger partial charge in [-0.05, 0) is 42.1 Å². The molecule has 0 aromatic carbocycles. The SMILES string of the molecule is CO[C@@H]1C=C2[C@@H](O)C[C@H](C(C)C)[C@@]2(C)CC1. The lowest BCUT2D eigenvalue weighted by Crippen LogP contribution is -2.33. The molecule has 2 heteroatoms. The predicted octanol–water partition coefficient (Wildman–Crippen LogP) is 2.76. The number of methoxy groups -OCH3 is 1. The summed E-state index contributed by atoms with van der Waals surface area (Å²) < 4.78 is 5.40. The van der Waals surface area contributed by atoms with Gasteiger partial charge in [-0.3, -0.25) is 0 Å². The zero-order valence-electron chi connectivity index (χ0n) is 10.9. The Kier molecular flexibility index (Phi) is 3.15. The lowest BCUT2D eigenvalue weighted by Gasteiger charge is -2.39. The van der Waals surface area contributed by atoms with Crippen molar-refractivity contribution in [3.63, 3.8) is 0 Å². The van der Waals surface area contributed by atoms with E-state index in [0.717, 1.165) is 19.3 Å². The van der Waals surface area contributed by atoms with E-state index < -0.39 is 0 Å². The van der Waals surface area contributed by atoms with Gasteiger partial charge in [-0.1, -0.05) is 26.8 Å². The molecule has 1 fully saturated rings. The van der Waals surface area contributed by atoms with Crippen molar-refractivity contribution in [3.05, 3.63) is 11.6 Å². The van der Waals surface area contributed by atoms with Crippen molar-refractivity contribution >= 4 is 0 Å². The van der Waals surface area contributed by atoms with E-state index >= 15 is 0 Å². The van der Waals surface area contributed by atoms with Crippen LogP contribution >= 0.6 is 0 Å². The molecule has 0 amide bonds. The first-order valence-corrected chi connectivity index (χ1v) is 6.42. The summed E-state index contributed by atoms with van der Waals surface area (Å²) in [6, 6.07) is 0. The molecular formula is C14H24O2. The van der Waals surface area contributed by atoms with E-state index in [1.807, 2.05) is 0 Å². The van der Waals surface area contributed by atoms with Gasteiger partial charge in [-0.2, -0.15) is 0 Å². The quantitative estimate of drug-likeness (QED) is 0.731. The fourth-order valence-corrected chi connectivity index (χ4v) is 3.77. The fourth-order valence-electron chi connectivity index (χ4n) is 3.77. The Labute approximate surface area is 98.7 Å². The van der Waals surface area contributed by atoms with Crippen LogP contribution in [0.25, 0.3) is 0 Å². The summed E-state index contributed by atoms with van der Waals surface area (Å²) in [4.78, 5) is 0. The van der Waals surface area contributed by atoms with E-state index in [4.69, 9.17) is 4.74 Å². The Morgan fingerprint density at radius 1 is 1.50 bits per heavy atom. The maximum absolute atomic E-state index is 10.2. The highest BCUT2D eigenvalue weighted by molar-refractivity contribution is 5.29. The molecule has 0 bridgehead atoms. The maximum Gasteiger partial charge on any atom is 0.0759 e. The van der Waals surface area contributed by atoms with Gasteiger partial charge in [-0.15, -0.1) is 0 Å². The molecule has 0 spiro atoms. The highest BCUT2D eigenvalue weighted by Gasteiger charge is 2.50. The van der Waals surface area contributed by atoms with Crippen LogP contribution in [-0.4, -0.2) is 24.4 Å². The summed E-state index contributed by atoms with van der Waals surface area (Å²) in [6.07, 6.45) is 5.32. The number of ether oxygens (including phenoxy) is 1. The second-order valence-electron chi connectivity index (χ2n) is 5.95. The van der Waals surface area contributed by atoms with Crippen LogP contribution in [0.5, 0.6) is 0 Å². The summed E-state index contributed by atoms with van der Waals surface area (Å²) in [5.74, 6) is 1.26. The van der Waals surface area contributed by atoms with Crippen molar-refractivity contribution in [3.8, 4) is 0 Å². The third-order valence-electron chi connectivity index (χ3n) is 4.74. The van der Waals surface area contributed by atoms with E-state index in [-0.39, 0.29) is 17.6 Å². The molecular weight excluding hydrogens is 200 g/mol. The van der Waals surface area contributed by atoms with Crippen molar-refractivity contribution in [2.45, 2.75) is 52.2 Å². The minimum absolute atomic E-state index is 0.211. The lowest BCUT2D eigenvalue weighted by molar-refractivity contribution is 0.0906. The molecule has 92 valence electrons. The largest absolute Gasteiger partial charge is 0.389 e. The lowest BCUT2D eigenvalue weighted by atomic mass is 9.66. The number of rotatable bonds is 2. The van der Waals surface area contributed by atoms with Crippen LogP contribution in [-0.2, 0) is 4.74 Å². The number of aliphatic hydroxyl groups excluding tert-OH is 1. The van der Waals surface area contributed by atoms with Gasteiger partial charge in [0, 0.05) is 7.11 Å². The van der Waals surface area contributed by atoms with Crippen molar-refractivity contribution in [1.82, 2.24) is 0 Å². The zero-order chi connectivity index (χ0) is 11.9. The zero-order valence-corrected chi connectivity index (χ0v) is 10.9. The van der Waals surface area contributed by atoms with Crippen LogP contribution in [0, 0.1) is 17.3 Å². The van der Waals surface area contributed by atoms with E-state index in [1.165, 1.54) is 5.57 Å². The Morgan fingerprint density at radius 3 is 2.75 bits per heavy atom. The summed E-state index contributed by atoms with van der Waals surface area (Å²) in [5, 5.41) is 10.2. The standard InChI is InChI=1S/C14H24O2/c1-9(2)11-8-13(15)12-7-10(16-4)5-6-14(11,12)3/h7,9-11,13,15H,5-6,8H2,1-4H3/t10-,11+,13-,14+/m0/s1. The third-order valence-corrected chi connectivity index (χ3v) is 4.74. The van der Waals surface area contributed by atoms with E-state index in [1.54, 1.807) is 7.11 Å². The highest BCUT2D eigenvalue weighted by atomic mass is 16.5. The molecule has 0 unspecified atom stereocenters. The molecule has 16 heavy (non-hydrogen) atoms. The van der Waals surface area contributed by atoms with Gasteiger partial charge in [-0.25, -0.2) is 0 Å². The van der Waals surface area contributed by atoms with Gasteiger partial charge in [0.25, 0.3) is 0 Å². The normalized spacial score (nSPS) is 43.4. The van der Waals surface area contributed by atoms with Crippen LogP contribution in [0.15, 0.2) is 11.6 Å². The number of fused-ring (bicyclic) bond motifs is 1. The molecule has 0 radical (unpaired) electrons. The summed E-state index contributed by atoms with van der Waals surface area (Å²) >= 11 is 0.